The van der Waals surface area contributed by atoms with Gasteiger partial charge in [0.25, 0.3) is 0 Å². The highest BCUT2D eigenvalue weighted by molar-refractivity contribution is 5.83. The highest BCUT2D eigenvalue weighted by atomic mass is 16.4. The molecule has 0 aromatic rings. The van der Waals surface area contributed by atoms with Crippen LogP contribution in [0.3, 0.4) is 0 Å². The van der Waals surface area contributed by atoms with E-state index in [0.717, 1.165) is 4.90 Å². The van der Waals surface area contributed by atoms with E-state index in [2.05, 4.69) is 10.6 Å². The number of nitrogens with one attached hydrogen (secondary N) is 2. The van der Waals surface area contributed by atoms with Gasteiger partial charge in [-0.2, -0.15) is 0 Å². The summed E-state index contributed by atoms with van der Waals surface area (Å²) in [7, 11) is 1.42. The number of likely N-dealkylation sites (N-methyl/N-ethyl adjacent to an activating group) is 1. The molecule has 0 rings (SSSR count). The average molecular weight is 259 g/mol. The predicted octanol–water partition coefficient (Wildman–Crippen LogP) is 0.0172. The zero-order valence-electron chi connectivity index (χ0n) is 11.0. The number of amides is 3. The van der Waals surface area contributed by atoms with Crippen LogP contribution in [0.4, 0.5) is 4.79 Å². The summed E-state index contributed by atoms with van der Waals surface area (Å²) in [6.45, 7) is 4.23. The van der Waals surface area contributed by atoms with E-state index in [1.807, 2.05) is 6.92 Å². The number of hydrogen-bond acceptors (Lipinski definition) is 3. The van der Waals surface area contributed by atoms with Crippen molar-refractivity contribution in [3.8, 4) is 0 Å². The summed E-state index contributed by atoms with van der Waals surface area (Å²) in [5, 5.41) is 14.0. The van der Waals surface area contributed by atoms with Crippen molar-refractivity contribution < 1.29 is 19.5 Å². The predicted molar refractivity (Wildman–Crippen MR) is 66.2 cm³/mol. The molecule has 0 aromatic heterocycles. The standard InChI is InChI=1S/C11H21N3O4/c1-4-8(10(16)17)14(3)11(18)13-7-6-9(15)12-5-2/h8H,4-7H2,1-3H3,(H,12,15)(H,13,18)(H,16,17). The lowest BCUT2D eigenvalue weighted by molar-refractivity contribution is -0.141. The van der Waals surface area contributed by atoms with Gasteiger partial charge >= 0.3 is 12.0 Å². The first-order valence-electron chi connectivity index (χ1n) is 5.94. The van der Waals surface area contributed by atoms with Crippen molar-refractivity contribution in [1.29, 1.82) is 0 Å². The molecule has 0 bridgehead atoms. The van der Waals surface area contributed by atoms with Crippen LogP contribution >= 0.6 is 0 Å². The number of hydrogen-bond donors (Lipinski definition) is 3. The number of aliphatic carboxylic acids is 1. The zero-order valence-corrected chi connectivity index (χ0v) is 11.0. The number of carboxylic acids is 1. The summed E-state index contributed by atoms with van der Waals surface area (Å²) in [6.07, 6.45) is 0.507. The SMILES string of the molecule is CCNC(=O)CCNC(=O)N(C)C(CC)C(=O)O. The molecule has 18 heavy (non-hydrogen) atoms. The van der Waals surface area contributed by atoms with E-state index in [1.54, 1.807) is 6.92 Å². The third-order valence-corrected chi connectivity index (χ3v) is 2.46. The number of carbonyl (C=O) groups is 3. The number of carbonyl (C=O) groups excluding carboxylic acids is 2. The van der Waals surface area contributed by atoms with E-state index in [-0.39, 0.29) is 18.9 Å². The second kappa shape index (κ2) is 8.32. The fourth-order valence-electron chi connectivity index (χ4n) is 1.45. The fraction of sp³-hybridized carbons (Fsp3) is 0.727. The number of nitrogens with zero attached hydrogens (tertiary/aromatic N) is 1. The molecule has 0 heterocycles. The van der Waals surface area contributed by atoms with E-state index < -0.39 is 18.0 Å². The van der Waals surface area contributed by atoms with E-state index in [0.29, 0.717) is 13.0 Å². The molecule has 7 nitrogen and oxygen atoms in total. The van der Waals surface area contributed by atoms with E-state index >= 15 is 0 Å². The molecule has 0 radical (unpaired) electrons. The summed E-state index contributed by atoms with van der Waals surface area (Å²) in [6, 6.07) is -1.34. The summed E-state index contributed by atoms with van der Waals surface area (Å²) >= 11 is 0. The molecule has 0 aliphatic rings. The highest BCUT2D eigenvalue weighted by Gasteiger charge is 2.24. The molecule has 0 saturated carbocycles. The second-order valence-corrected chi connectivity index (χ2v) is 3.81. The van der Waals surface area contributed by atoms with Gasteiger partial charge in [0, 0.05) is 26.6 Å². The molecule has 3 N–H and O–H groups in total. The van der Waals surface area contributed by atoms with Crippen LogP contribution in [0.15, 0.2) is 0 Å². The molecule has 0 spiro atoms. The first-order valence-corrected chi connectivity index (χ1v) is 5.94. The fourth-order valence-corrected chi connectivity index (χ4v) is 1.45. The second-order valence-electron chi connectivity index (χ2n) is 3.81. The molecular weight excluding hydrogens is 238 g/mol. The topological polar surface area (TPSA) is 98.7 Å². The smallest absolute Gasteiger partial charge is 0.326 e. The van der Waals surface area contributed by atoms with Crippen molar-refractivity contribution in [3.63, 3.8) is 0 Å². The van der Waals surface area contributed by atoms with Gasteiger partial charge in [0.05, 0.1) is 0 Å². The maximum atomic E-state index is 11.6. The minimum atomic E-state index is -1.04. The minimum absolute atomic E-state index is 0.147. The lowest BCUT2D eigenvalue weighted by Crippen LogP contribution is -2.47. The Kier molecular flexibility index (Phi) is 7.50. The van der Waals surface area contributed by atoms with Gasteiger partial charge in [0.15, 0.2) is 0 Å². The van der Waals surface area contributed by atoms with Gasteiger partial charge in [-0.05, 0) is 13.3 Å². The molecule has 0 aromatic carbocycles. The number of rotatable bonds is 7. The van der Waals surface area contributed by atoms with Crippen LogP contribution in [0.25, 0.3) is 0 Å². The first kappa shape index (κ1) is 16.2. The number of urea groups is 1. The van der Waals surface area contributed by atoms with Crippen molar-refractivity contribution in [2.75, 3.05) is 20.1 Å². The van der Waals surface area contributed by atoms with E-state index in [9.17, 15) is 14.4 Å². The van der Waals surface area contributed by atoms with Crippen LogP contribution < -0.4 is 10.6 Å². The lowest BCUT2D eigenvalue weighted by Gasteiger charge is -2.23. The summed E-state index contributed by atoms with van der Waals surface area (Å²) < 4.78 is 0. The molecule has 1 unspecified atom stereocenters. The minimum Gasteiger partial charge on any atom is -0.480 e. The van der Waals surface area contributed by atoms with E-state index in [1.165, 1.54) is 7.05 Å². The van der Waals surface area contributed by atoms with Crippen LogP contribution in [0.5, 0.6) is 0 Å². The van der Waals surface area contributed by atoms with Crippen molar-refractivity contribution in [3.05, 3.63) is 0 Å². The first-order chi connectivity index (χ1) is 8.43. The Morgan fingerprint density at radius 1 is 1.22 bits per heavy atom. The monoisotopic (exact) mass is 259 g/mol. The van der Waals surface area contributed by atoms with Gasteiger partial charge in [-0.15, -0.1) is 0 Å². The van der Waals surface area contributed by atoms with Crippen molar-refractivity contribution in [1.82, 2.24) is 15.5 Å². The molecule has 0 fully saturated rings. The quantitative estimate of drug-likeness (QED) is 0.600. The molecule has 0 aliphatic carbocycles. The van der Waals surface area contributed by atoms with Crippen LogP contribution in [-0.4, -0.2) is 54.1 Å². The van der Waals surface area contributed by atoms with Crippen molar-refractivity contribution in [2.45, 2.75) is 32.7 Å². The van der Waals surface area contributed by atoms with Crippen LogP contribution in [0.1, 0.15) is 26.7 Å². The Morgan fingerprint density at radius 2 is 1.83 bits per heavy atom. The maximum absolute atomic E-state index is 11.6. The lowest BCUT2D eigenvalue weighted by atomic mass is 10.2. The van der Waals surface area contributed by atoms with Gasteiger partial charge in [-0.25, -0.2) is 9.59 Å². The molecular formula is C11H21N3O4. The van der Waals surface area contributed by atoms with Gasteiger partial charge in [-0.3, -0.25) is 4.79 Å². The maximum Gasteiger partial charge on any atom is 0.326 e. The van der Waals surface area contributed by atoms with Crippen molar-refractivity contribution in [2.24, 2.45) is 0 Å². The molecule has 104 valence electrons. The molecule has 0 saturated heterocycles. The Hall–Kier alpha value is -1.79. The third kappa shape index (κ3) is 5.51. The Balaban J connectivity index is 4.08. The third-order valence-electron chi connectivity index (χ3n) is 2.46. The van der Waals surface area contributed by atoms with Crippen LogP contribution in [-0.2, 0) is 9.59 Å². The highest BCUT2D eigenvalue weighted by Crippen LogP contribution is 2.02. The largest absolute Gasteiger partial charge is 0.480 e. The number of carboxylic acid groups (broad SMARTS) is 1. The molecule has 0 aliphatic heterocycles. The van der Waals surface area contributed by atoms with Gasteiger partial charge in [-0.1, -0.05) is 6.92 Å². The Morgan fingerprint density at radius 3 is 2.28 bits per heavy atom. The summed E-state index contributed by atoms with van der Waals surface area (Å²) in [4.78, 5) is 34.7. The Bertz CT molecular complexity index is 307. The molecule has 7 heteroatoms. The zero-order chi connectivity index (χ0) is 14.1. The normalized spacial score (nSPS) is 11.5. The van der Waals surface area contributed by atoms with Crippen LogP contribution in [0.2, 0.25) is 0 Å². The summed E-state index contributed by atoms with van der Waals surface area (Å²) in [5.74, 6) is -1.19. The van der Waals surface area contributed by atoms with Gasteiger partial charge < -0.3 is 20.6 Å². The van der Waals surface area contributed by atoms with Gasteiger partial charge in [0.1, 0.15) is 6.04 Å². The van der Waals surface area contributed by atoms with Crippen LogP contribution in [0, 0.1) is 0 Å². The molecule has 3 amide bonds. The summed E-state index contributed by atoms with van der Waals surface area (Å²) in [5.41, 5.74) is 0. The Labute approximate surface area is 107 Å². The molecule has 1 atom stereocenters. The van der Waals surface area contributed by atoms with E-state index in [4.69, 9.17) is 5.11 Å². The average Bonchev–Trinajstić information content (AvgIpc) is 2.29. The van der Waals surface area contributed by atoms with Crippen molar-refractivity contribution >= 4 is 17.9 Å². The van der Waals surface area contributed by atoms with Gasteiger partial charge in [0.2, 0.25) is 5.91 Å².